The maximum Gasteiger partial charge on any atom is 0.326 e. The van der Waals surface area contributed by atoms with E-state index in [0.717, 1.165) is 25.0 Å². The zero-order valence-corrected chi connectivity index (χ0v) is 10.0. The third kappa shape index (κ3) is 3.49. The van der Waals surface area contributed by atoms with Crippen LogP contribution < -0.4 is 5.32 Å². The van der Waals surface area contributed by atoms with E-state index in [-0.39, 0.29) is 5.56 Å². The van der Waals surface area contributed by atoms with Gasteiger partial charge in [-0.3, -0.25) is 4.79 Å². The molecule has 4 nitrogen and oxygen atoms in total. The summed E-state index contributed by atoms with van der Waals surface area (Å²) >= 11 is 0. The van der Waals surface area contributed by atoms with Crippen LogP contribution in [-0.4, -0.2) is 23.0 Å². The van der Waals surface area contributed by atoms with Crippen molar-refractivity contribution in [2.75, 3.05) is 0 Å². The quantitative estimate of drug-likeness (QED) is 0.858. The van der Waals surface area contributed by atoms with Gasteiger partial charge in [-0.25, -0.2) is 13.6 Å². The lowest BCUT2D eigenvalue weighted by Gasteiger charge is -2.14. The van der Waals surface area contributed by atoms with Gasteiger partial charge in [0.1, 0.15) is 17.7 Å². The number of amides is 1. The Morgan fingerprint density at radius 1 is 1.37 bits per heavy atom. The zero-order chi connectivity index (χ0) is 14.0. The lowest BCUT2D eigenvalue weighted by Crippen LogP contribution is -2.41. The van der Waals surface area contributed by atoms with Gasteiger partial charge in [0.05, 0.1) is 5.56 Å². The molecule has 6 heteroatoms. The van der Waals surface area contributed by atoms with Crippen molar-refractivity contribution >= 4 is 11.9 Å². The van der Waals surface area contributed by atoms with Gasteiger partial charge >= 0.3 is 5.97 Å². The first-order valence-corrected chi connectivity index (χ1v) is 5.96. The van der Waals surface area contributed by atoms with Crippen LogP contribution >= 0.6 is 0 Å². The summed E-state index contributed by atoms with van der Waals surface area (Å²) in [5, 5.41) is 11.3. The molecule has 19 heavy (non-hydrogen) atoms. The van der Waals surface area contributed by atoms with Crippen LogP contribution in [0.4, 0.5) is 8.78 Å². The molecule has 1 aliphatic carbocycles. The average molecular weight is 269 g/mol. The van der Waals surface area contributed by atoms with Crippen molar-refractivity contribution < 1.29 is 23.5 Å². The number of nitrogens with one attached hydrogen (secondary N) is 1. The van der Waals surface area contributed by atoms with Crippen LogP contribution in [-0.2, 0) is 4.79 Å². The van der Waals surface area contributed by atoms with E-state index < -0.39 is 29.6 Å². The second-order valence-electron chi connectivity index (χ2n) is 4.67. The van der Waals surface area contributed by atoms with Gasteiger partial charge in [-0.15, -0.1) is 0 Å². The van der Waals surface area contributed by atoms with Gasteiger partial charge in [0.2, 0.25) is 0 Å². The van der Waals surface area contributed by atoms with Crippen LogP contribution in [0.2, 0.25) is 0 Å². The zero-order valence-electron chi connectivity index (χ0n) is 10.0. The van der Waals surface area contributed by atoms with E-state index in [2.05, 4.69) is 5.32 Å². The molecule has 2 rings (SSSR count). The minimum Gasteiger partial charge on any atom is -0.480 e. The number of aliphatic carboxylic acids is 1. The molecule has 1 fully saturated rings. The predicted molar refractivity (Wildman–Crippen MR) is 62.6 cm³/mol. The highest BCUT2D eigenvalue weighted by molar-refractivity contribution is 5.96. The van der Waals surface area contributed by atoms with E-state index in [1.807, 2.05) is 0 Å². The van der Waals surface area contributed by atoms with Crippen molar-refractivity contribution in [2.45, 2.75) is 25.3 Å². The molecule has 1 amide bonds. The molecule has 0 aliphatic heterocycles. The van der Waals surface area contributed by atoms with E-state index in [0.29, 0.717) is 18.4 Å². The van der Waals surface area contributed by atoms with Gasteiger partial charge in [-0.05, 0) is 24.5 Å². The molecule has 1 saturated carbocycles. The van der Waals surface area contributed by atoms with E-state index >= 15 is 0 Å². The fourth-order valence-electron chi connectivity index (χ4n) is 1.82. The smallest absolute Gasteiger partial charge is 0.326 e. The van der Waals surface area contributed by atoms with Crippen molar-refractivity contribution in [3.05, 3.63) is 35.4 Å². The van der Waals surface area contributed by atoms with Gasteiger partial charge < -0.3 is 10.4 Å². The number of carbonyl (C=O) groups excluding carboxylic acids is 1. The molecule has 1 aliphatic rings. The van der Waals surface area contributed by atoms with Gasteiger partial charge in [-0.1, -0.05) is 12.8 Å². The minimum atomic E-state index is -1.15. The van der Waals surface area contributed by atoms with Crippen LogP contribution in [0.25, 0.3) is 0 Å². The first-order chi connectivity index (χ1) is 8.97. The Morgan fingerprint density at radius 2 is 2.05 bits per heavy atom. The summed E-state index contributed by atoms with van der Waals surface area (Å²) in [6.07, 6.45) is 2.24. The molecule has 0 unspecified atom stereocenters. The Morgan fingerprint density at radius 3 is 2.58 bits per heavy atom. The average Bonchev–Trinajstić information content (AvgIpc) is 3.11. The first-order valence-electron chi connectivity index (χ1n) is 5.96. The number of carbonyl (C=O) groups is 2. The lowest BCUT2D eigenvalue weighted by atomic mass is 10.1. The van der Waals surface area contributed by atoms with Crippen LogP contribution in [0, 0.1) is 17.6 Å². The largest absolute Gasteiger partial charge is 0.480 e. The van der Waals surface area contributed by atoms with Crippen molar-refractivity contribution in [2.24, 2.45) is 5.92 Å². The Balaban J connectivity index is 2.07. The lowest BCUT2D eigenvalue weighted by molar-refractivity contribution is -0.139. The van der Waals surface area contributed by atoms with Crippen molar-refractivity contribution in [3.63, 3.8) is 0 Å². The monoisotopic (exact) mass is 269 g/mol. The number of halogens is 2. The Bertz CT molecular complexity index is 515. The van der Waals surface area contributed by atoms with Crippen molar-refractivity contribution in [1.82, 2.24) is 5.32 Å². The molecular weight excluding hydrogens is 256 g/mol. The number of benzene rings is 1. The summed E-state index contributed by atoms with van der Waals surface area (Å²) in [5.74, 6) is -3.48. The fraction of sp³-hybridized carbons (Fsp3) is 0.385. The molecule has 0 radical (unpaired) electrons. The second-order valence-corrected chi connectivity index (χ2v) is 4.67. The summed E-state index contributed by atoms with van der Waals surface area (Å²) in [6.45, 7) is 0. The highest BCUT2D eigenvalue weighted by Gasteiger charge is 2.30. The van der Waals surface area contributed by atoms with E-state index in [4.69, 9.17) is 5.11 Å². The standard InChI is InChI=1S/C13H13F2NO3/c14-8-3-4-9(10(15)6-8)12(17)16-11(13(18)19)5-7-1-2-7/h3-4,6-7,11H,1-2,5H2,(H,16,17)(H,18,19)/t11-/m1/s1. The van der Waals surface area contributed by atoms with Crippen LogP contribution in [0.3, 0.4) is 0 Å². The van der Waals surface area contributed by atoms with E-state index in [9.17, 15) is 18.4 Å². The third-order valence-electron chi connectivity index (χ3n) is 3.05. The summed E-state index contributed by atoms with van der Waals surface area (Å²) in [7, 11) is 0. The van der Waals surface area contributed by atoms with Crippen LogP contribution in [0.15, 0.2) is 18.2 Å². The maximum atomic E-state index is 13.4. The molecular formula is C13H13F2NO3. The molecule has 0 heterocycles. The number of rotatable bonds is 5. The molecule has 0 saturated heterocycles. The van der Waals surface area contributed by atoms with E-state index in [1.54, 1.807) is 0 Å². The van der Waals surface area contributed by atoms with E-state index in [1.165, 1.54) is 0 Å². The molecule has 0 aromatic heterocycles. The molecule has 1 aromatic carbocycles. The Labute approximate surface area is 108 Å². The minimum absolute atomic E-state index is 0.305. The van der Waals surface area contributed by atoms with Gasteiger partial charge in [-0.2, -0.15) is 0 Å². The molecule has 0 spiro atoms. The van der Waals surface area contributed by atoms with Gasteiger partial charge in [0, 0.05) is 6.07 Å². The summed E-state index contributed by atoms with van der Waals surface area (Å²) in [5.41, 5.74) is -0.358. The Kier molecular flexibility index (Phi) is 3.78. The van der Waals surface area contributed by atoms with Crippen LogP contribution in [0.5, 0.6) is 0 Å². The third-order valence-corrected chi connectivity index (χ3v) is 3.05. The number of hydrogen-bond donors (Lipinski definition) is 2. The summed E-state index contributed by atoms with van der Waals surface area (Å²) in [6, 6.07) is 1.50. The summed E-state index contributed by atoms with van der Waals surface area (Å²) in [4.78, 5) is 22.8. The SMILES string of the molecule is O=C(N[C@H](CC1CC1)C(=O)O)c1ccc(F)cc1F. The molecule has 2 N–H and O–H groups in total. The van der Waals surface area contributed by atoms with Gasteiger partial charge in [0.15, 0.2) is 0 Å². The topological polar surface area (TPSA) is 66.4 Å². The number of carboxylic acids is 1. The second kappa shape index (κ2) is 5.34. The predicted octanol–water partition coefficient (Wildman–Crippen LogP) is 1.95. The van der Waals surface area contributed by atoms with Crippen LogP contribution in [0.1, 0.15) is 29.6 Å². The first kappa shape index (κ1) is 13.5. The van der Waals surface area contributed by atoms with Crippen molar-refractivity contribution in [1.29, 1.82) is 0 Å². The highest BCUT2D eigenvalue weighted by atomic mass is 19.1. The molecule has 102 valence electrons. The maximum absolute atomic E-state index is 13.4. The highest BCUT2D eigenvalue weighted by Crippen LogP contribution is 2.33. The molecule has 1 atom stereocenters. The molecule has 1 aromatic rings. The number of carboxylic acid groups (broad SMARTS) is 1. The van der Waals surface area contributed by atoms with Gasteiger partial charge in [0.25, 0.3) is 5.91 Å². The Hall–Kier alpha value is -1.98. The summed E-state index contributed by atoms with van der Waals surface area (Å²) < 4.78 is 26.1. The normalized spacial score (nSPS) is 15.9. The number of hydrogen-bond acceptors (Lipinski definition) is 2. The van der Waals surface area contributed by atoms with Crippen molar-refractivity contribution in [3.8, 4) is 0 Å². The molecule has 0 bridgehead atoms. The fourth-order valence-corrected chi connectivity index (χ4v) is 1.82.